The van der Waals surface area contributed by atoms with Crippen molar-refractivity contribution >= 4 is 11.6 Å². The molecule has 0 aliphatic heterocycles. The number of hydrogen-bond donors (Lipinski definition) is 0. The van der Waals surface area contributed by atoms with Crippen LogP contribution in [0.2, 0.25) is 0 Å². The van der Waals surface area contributed by atoms with Gasteiger partial charge in [0.15, 0.2) is 5.78 Å². The maximum atomic E-state index is 13.1. The molecule has 0 bridgehead atoms. The molecule has 0 heterocycles. The largest absolute Gasteiger partial charge is 0.416 e. The van der Waals surface area contributed by atoms with Crippen molar-refractivity contribution in [3.63, 3.8) is 0 Å². The molecule has 2 saturated carbocycles. The van der Waals surface area contributed by atoms with E-state index in [-0.39, 0.29) is 18.4 Å². The second kappa shape index (κ2) is 15.6. The summed E-state index contributed by atoms with van der Waals surface area (Å²) in [7, 11) is 0. The molecular formula is C33H46F6O2. The molecule has 0 spiro atoms. The SMILES string of the molecule is CC1CCCC(C(=O)CCCCCCC2CCC(CCCC(=O)c3cc(C(F)(F)F)cc(C(F)(F)F)c3)CC2)CC1. The van der Waals surface area contributed by atoms with Crippen LogP contribution in [0.5, 0.6) is 0 Å². The summed E-state index contributed by atoms with van der Waals surface area (Å²) < 4.78 is 78.5. The number of hydrogen-bond acceptors (Lipinski definition) is 2. The van der Waals surface area contributed by atoms with Gasteiger partial charge in [0, 0.05) is 24.3 Å². The number of carbonyl (C=O) groups excluding carboxylic acids is 2. The summed E-state index contributed by atoms with van der Waals surface area (Å²) in [6.45, 7) is 2.29. The lowest BCUT2D eigenvalue weighted by Crippen LogP contribution is -2.15. The predicted molar refractivity (Wildman–Crippen MR) is 149 cm³/mol. The third-order valence-electron chi connectivity index (χ3n) is 9.39. The standard InChI is InChI=1S/C33H46F6O2/c1-23-8-6-11-26(19-14-23)30(40)12-5-3-2-4-9-24-15-17-25(18-16-24)10-7-13-31(41)27-20-28(32(34,35)36)22-29(21-27)33(37,38)39/h20-26H,2-19H2,1H3. The first-order valence-corrected chi connectivity index (χ1v) is 15.7. The van der Waals surface area contributed by atoms with Gasteiger partial charge >= 0.3 is 12.4 Å². The van der Waals surface area contributed by atoms with Crippen molar-refractivity contribution in [2.75, 3.05) is 0 Å². The van der Waals surface area contributed by atoms with Gasteiger partial charge in [-0.2, -0.15) is 26.3 Å². The third kappa shape index (κ3) is 11.4. The van der Waals surface area contributed by atoms with Gasteiger partial charge in [-0.1, -0.05) is 84.0 Å². The van der Waals surface area contributed by atoms with Crippen LogP contribution in [0.15, 0.2) is 18.2 Å². The van der Waals surface area contributed by atoms with E-state index in [0.717, 1.165) is 76.5 Å². The summed E-state index contributed by atoms with van der Waals surface area (Å²) in [6, 6.07) is 1.10. The van der Waals surface area contributed by atoms with Crippen LogP contribution >= 0.6 is 0 Å². The Morgan fingerprint density at radius 1 is 0.659 bits per heavy atom. The highest BCUT2D eigenvalue weighted by Gasteiger charge is 2.37. The molecular weight excluding hydrogens is 542 g/mol. The average Bonchev–Trinajstić information content (AvgIpc) is 3.14. The van der Waals surface area contributed by atoms with Crippen LogP contribution in [0.25, 0.3) is 0 Å². The molecule has 0 aromatic heterocycles. The Kier molecular flexibility index (Phi) is 12.8. The number of halogens is 6. The van der Waals surface area contributed by atoms with E-state index in [1.807, 2.05) is 0 Å². The summed E-state index contributed by atoms with van der Waals surface area (Å²) in [6.07, 6.45) is 7.71. The van der Waals surface area contributed by atoms with Crippen LogP contribution < -0.4 is 0 Å². The molecule has 232 valence electrons. The first-order chi connectivity index (χ1) is 19.3. The number of ketones is 2. The Morgan fingerprint density at radius 3 is 1.80 bits per heavy atom. The molecule has 0 amide bonds. The number of Topliss-reactive ketones (excluding diaryl/α,β-unsaturated/α-hetero) is 2. The van der Waals surface area contributed by atoms with Crippen LogP contribution in [0.1, 0.15) is 144 Å². The van der Waals surface area contributed by atoms with Gasteiger partial charge in [0.25, 0.3) is 0 Å². The number of carbonyl (C=O) groups is 2. The lowest BCUT2D eigenvalue weighted by Gasteiger charge is -2.28. The number of unbranched alkanes of at least 4 members (excludes halogenated alkanes) is 3. The zero-order valence-electron chi connectivity index (χ0n) is 24.4. The Bertz CT molecular complexity index is 943. The van der Waals surface area contributed by atoms with E-state index in [1.54, 1.807) is 0 Å². The maximum absolute atomic E-state index is 13.1. The van der Waals surface area contributed by atoms with Gasteiger partial charge in [-0.3, -0.25) is 9.59 Å². The van der Waals surface area contributed by atoms with Crippen LogP contribution in [0, 0.1) is 23.7 Å². The highest BCUT2D eigenvalue weighted by atomic mass is 19.4. The smallest absolute Gasteiger partial charge is 0.299 e. The molecule has 2 nitrogen and oxygen atoms in total. The summed E-state index contributed by atoms with van der Waals surface area (Å²) in [5.41, 5.74) is -3.43. The third-order valence-corrected chi connectivity index (χ3v) is 9.39. The second-order valence-electron chi connectivity index (χ2n) is 12.7. The van der Waals surface area contributed by atoms with Gasteiger partial charge in [0.2, 0.25) is 0 Å². The molecule has 8 heteroatoms. The van der Waals surface area contributed by atoms with Gasteiger partial charge < -0.3 is 0 Å². The van der Waals surface area contributed by atoms with E-state index >= 15 is 0 Å². The molecule has 2 atom stereocenters. The normalized spacial score (nSPS) is 24.2. The summed E-state index contributed by atoms with van der Waals surface area (Å²) in [4.78, 5) is 25.0. The molecule has 0 N–H and O–H groups in total. The summed E-state index contributed by atoms with van der Waals surface area (Å²) in [5.74, 6) is 1.97. The fourth-order valence-corrected chi connectivity index (χ4v) is 6.72. The van der Waals surface area contributed by atoms with Gasteiger partial charge in [0.1, 0.15) is 5.78 Å². The van der Waals surface area contributed by atoms with Crippen molar-refractivity contribution in [3.8, 4) is 0 Å². The zero-order chi connectivity index (χ0) is 30.0. The van der Waals surface area contributed by atoms with E-state index < -0.39 is 34.8 Å². The Balaban J connectivity index is 1.29. The molecule has 3 rings (SSSR count). The summed E-state index contributed by atoms with van der Waals surface area (Å²) >= 11 is 0. The van der Waals surface area contributed by atoms with E-state index in [9.17, 15) is 35.9 Å². The zero-order valence-corrected chi connectivity index (χ0v) is 24.4. The average molecular weight is 589 g/mol. The molecule has 41 heavy (non-hydrogen) atoms. The number of rotatable bonds is 13. The van der Waals surface area contributed by atoms with Crippen molar-refractivity contribution in [2.45, 2.75) is 135 Å². The van der Waals surface area contributed by atoms with Crippen LogP contribution in [0.3, 0.4) is 0 Å². The predicted octanol–water partition coefficient (Wildman–Crippen LogP) is 11.0. The van der Waals surface area contributed by atoms with Crippen molar-refractivity contribution in [3.05, 3.63) is 34.9 Å². The Labute approximate surface area is 241 Å². The van der Waals surface area contributed by atoms with Crippen molar-refractivity contribution in [1.82, 2.24) is 0 Å². The number of benzene rings is 1. The molecule has 2 aliphatic carbocycles. The van der Waals surface area contributed by atoms with Gasteiger partial charge in [-0.25, -0.2) is 0 Å². The lowest BCUT2D eigenvalue weighted by atomic mass is 9.78. The molecule has 1 aromatic rings. The van der Waals surface area contributed by atoms with Crippen molar-refractivity contribution < 1.29 is 35.9 Å². The van der Waals surface area contributed by atoms with Crippen LogP contribution in [-0.4, -0.2) is 11.6 Å². The summed E-state index contributed by atoms with van der Waals surface area (Å²) in [5, 5.41) is 0. The van der Waals surface area contributed by atoms with Gasteiger partial charge in [-0.05, 0) is 61.6 Å². The topological polar surface area (TPSA) is 34.1 Å². The first-order valence-electron chi connectivity index (χ1n) is 15.7. The molecule has 2 fully saturated rings. The quantitative estimate of drug-likeness (QED) is 0.0994. The number of alkyl halides is 6. The van der Waals surface area contributed by atoms with Crippen LogP contribution in [-0.2, 0) is 17.1 Å². The van der Waals surface area contributed by atoms with Gasteiger partial charge in [0.05, 0.1) is 11.1 Å². The van der Waals surface area contributed by atoms with E-state index in [0.29, 0.717) is 36.2 Å². The maximum Gasteiger partial charge on any atom is 0.416 e. The molecule has 2 aliphatic rings. The molecule has 0 radical (unpaired) electrons. The highest BCUT2D eigenvalue weighted by Crippen LogP contribution is 2.38. The van der Waals surface area contributed by atoms with Gasteiger partial charge in [-0.15, -0.1) is 0 Å². The minimum Gasteiger partial charge on any atom is -0.299 e. The Morgan fingerprint density at radius 2 is 1.22 bits per heavy atom. The van der Waals surface area contributed by atoms with E-state index in [1.165, 1.54) is 32.1 Å². The van der Waals surface area contributed by atoms with Crippen LogP contribution in [0.4, 0.5) is 26.3 Å². The lowest BCUT2D eigenvalue weighted by molar-refractivity contribution is -0.143. The molecule has 2 unspecified atom stereocenters. The molecule has 1 aromatic carbocycles. The highest BCUT2D eigenvalue weighted by molar-refractivity contribution is 5.96. The fourth-order valence-electron chi connectivity index (χ4n) is 6.72. The molecule has 0 saturated heterocycles. The van der Waals surface area contributed by atoms with E-state index in [2.05, 4.69) is 6.92 Å². The second-order valence-corrected chi connectivity index (χ2v) is 12.7. The fraction of sp³-hybridized carbons (Fsp3) is 0.758. The monoisotopic (exact) mass is 588 g/mol. The Hall–Kier alpha value is -1.86. The minimum atomic E-state index is -4.96. The first kappa shape index (κ1) is 33.6. The minimum absolute atomic E-state index is 0.0512. The van der Waals surface area contributed by atoms with Crippen molar-refractivity contribution in [1.29, 1.82) is 0 Å². The van der Waals surface area contributed by atoms with Crippen molar-refractivity contribution in [2.24, 2.45) is 23.7 Å². The van der Waals surface area contributed by atoms with E-state index in [4.69, 9.17) is 0 Å².